The van der Waals surface area contributed by atoms with E-state index in [1.54, 1.807) is 29.1 Å². The quantitative estimate of drug-likeness (QED) is 0.753. The van der Waals surface area contributed by atoms with Crippen LogP contribution in [0, 0.1) is 0 Å². The van der Waals surface area contributed by atoms with Gasteiger partial charge in [-0.25, -0.2) is 4.68 Å². The smallest absolute Gasteiger partial charge is 0.226 e. The minimum Gasteiger partial charge on any atom is -0.506 e. The average molecular weight is 354 g/mol. The van der Waals surface area contributed by atoms with Crippen LogP contribution in [0.5, 0.6) is 5.75 Å². The number of nitrogens with zero attached hydrogens (tertiary/aromatic N) is 2. The van der Waals surface area contributed by atoms with Crippen LogP contribution in [-0.2, 0) is 11.3 Å². The predicted octanol–water partition coefficient (Wildman–Crippen LogP) is 3.76. The van der Waals surface area contributed by atoms with Gasteiger partial charge in [-0.05, 0) is 23.3 Å². The van der Waals surface area contributed by atoms with Crippen LogP contribution in [0.15, 0.2) is 54.7 Å². The van der Waals surface area contributed by atoms with Gasteiger partial charge < -0.3 is 10.4 Å². The van der Waals surface area contributed by atoms with Crippen molar-refractivity contribution in [2.45, 2.75) is 18.9 Å². The molecule has 1 aliphatic heterocycles. The first kappa shape index (κ1) is 15.7. The van der Waals surface area contributed by atoms with Crippen molar-refractivity contribution >= 4 is 23.3 Å². The van der Waals surface area contributed by atoms with Crippen LogP contribution in [0.3, 0.4) is 0 Å². The van der Waals surface area contributed by atoms with Gasteiger partial charge in [0.1, 0.15) is 11.6 Å². The standard InChI is InChI=1S/C19H16ClN3O2/c20-16-8-13(6-7-17(16)24)14-9-18(25)22-19-15(14)10-21-23(19)11-12-4-2-1-3-5-12/h1-8,10,14,24H,9,11H2,(H,22,25)/t14-/m1/s1. The molecule has 0 bridgehead atoms. The monoisotopic (exact) mass is 353 g/mol. The van der Waals surface area contributed by atoms with E-state index in [2.05, 4.69) is 10.4 Å². The number of benzene rings is 2. The van der Waals surface area contributed by atoms with Crippen molar-refractivity contribution in [1.82, 2.24) is 9.78 Å². The SMILES string of the molecule is O=C1C[C@H](c2ccc(O)c(Cl)c2)c2cnn(Cc3ccccc3)c2N1. The third-order valence-corrected chi connectivity index (χ3v) is 4.74. The summed E-state index contributed by atoms with van der Waals surface area (Å²) >= 11 is 6.04. The van der Waals surface area contributed by atoms with Gasteiger partial charge in [-0.1, -0.05) is 48.0 Å². The lowest BCUT2D eigenvalue weighted by Crippen LogP contribution is -2.25. The Kier molecular flexibility index (Phi) is 3.93. The number of fused-ring (bicyclic) bond motifs is 1. The predicted molar refractivity (Wildman–Crippen MR) is 96.0 cm³/mol. The minimum atomic E-state index is -0.133. The highest BCUT2D eigenvalue weighted by Gasteiger charge is 2.30. The Balaban J connectivity index is 1.72. The lowest BCUT2D eigenvalue weighted by atomic mass is 9.87. The van der Waals surface area contributed by atoms with E-state index in [9.17, 15) is 9.90 Å². The maximum Gasteiger partial charge on any atom is 0.226 e. The van der Waals surface area contributed by atoms with Crippen molar-refractivity contribution in [1.29, 1.82) is 0 Å². The fraction of sp³-hybridized carbons (Fsp3) is 0.158. The third kappa shape index (κ3) is 2.98. The fourth-order valence-electron chi connectivity index (χ4n) is 3.18. The van der Waals surface area contributed by atoms with Gasteiger partial charge in [-0.15, -0.1) is 0 Å². The summed E-state index contributed by atoms with van der Waals surface area (Å²) in [5, 5.41) is 17.3. The van der Waals surface area contributed by atoms with Crippen LogP contribution in [-0.4, -0.2) is 20.8 Å². The van der Waals surface area contributed by atoms with Gasteiger partial charge >= 0.3 is 0 Å². The minimum absolute atomic E-state index is 0.0330. The number of hydrogen-bond donors (Lipinski definition) is 2. The summed E-state index contributed by atoms with van der Waals surface area (Å²) in [6, 6.07) is 15.0. The van der Waals surface area contributed by atoms with E-state index in [0.29, 0.717) is 18.8 Å². The average Bonchev–Trinajstić information content (AvgIpc) is 3.00. The first-order valence-corrected chi connectivity index (χ1v) is 8.37. The van der Waals surface area contributed by atoms with Gasteiger partial charge in [0.2, 0.25) is 5.91 Å². The number of phenols is 1. The zero-order valence-corrected chi connectivity index (χ0v) is 14.1. The number of nitrogens with one attached hydrogen (secondary N) is 1. The zero-order valence-electron chi connectivity index (χ0n) is 13.3. The summed E-state index contributed by atoms with van der Waals surface area (Å²) in [5.74, 6) is 0.558. The van der Waals surface area contributed by atoms with Crippen molar-refractivity contribution < 1.29 is 9.90 Å². The normalized spacial score (nSPS) is 16.4. The zero-order chi connectivity index (χ0) is 17.4. The largest absolute Gasteiger partial charge is 0.506 e. The molecule has 1 atom stereocenters. The van der Waals surface area contributed by atoms with Crippen LogP contribution >= 0.6 is 11.6 Å². The molecular formula is C19H16ClN3O2. The van der Waals surface area contributed by atoms with E-state index in [1.165, 1.54) is 0 Å². The van der Waals surface area contributed by atoms with Crippen LogP contribution < -0.4 is 5.32 Å². The van der Waals surface area contributed by atoms with Crippen molar-refractivity contribution in [2.24, 2.45) is 0 Å². The number of aromatic hydroxyl groups is 1. The van der Waals surface area contributed by atoms with E-state index in [0.717, 1.165) is 16.7 Å². The molecule has 0 spiro atoms. The molecule has 126 valence electrons. The molecule has 2 aromatic carbocycles. The Labute approximate surface area is 149 Å². The molecule has 6 heteroatoms. The van der Waals surface area contributed by atoms with Gasteiger partial charge in [0, 0.05) is 17.9 Å². The first-order chi connectivity index (χ1) is 12.1. The Morgan fingerprint density at radius 1 is 1.24 bits per heavy atom. The molecule has 4 rings (SSSR count). The molecule has 1 aliphatic rings. The van der Waals surface area contributed by atoms with E-state index < -0.39 is 0 Å². The van der Waals surface area contributed by atoms with E-state index >= 15 is 0 Å². The maximum atomic E-state index is 12.2. The summed E-state index contributed by atoms with van der Waals surface area (Å²) in [6.45, 7) is 0.583. The molecule has 0 aliphatic carbocycles. The number of carbonyl (C=O) groups is 1. The molecule has 1 amide bonds. The Morgan fingerprint density at radius 2 is 2.04 bits per heavy atom. The second-order valence-electron chi connectivity index (χ2n) is 6.11. The second-order valence-corrected chi connectivity index (χ2v) is 6.51. The van der Waals surface area contributed by atoms with Gasteiger partial charge in [0.25, 0.3) is 0 Å². The van der Waals surface area contributed by atoms with Crippen LogP contribution in [0.1, 0.15) is 29.0 Å². The molecule has 0 fully saturated rings. The highest BCUT2D eigenvalue weighted by molar-refractivity contribution is 6.32. The lowest BCUT2D eigenvalue weighted by Gasteiger charge is -2.24. The molecule has 1 aromatic heterocycles. The Bertz CT molecular complexity index is 937. The summed E-state index contributed by atoms with van der Waals surface area (Å²) in [6.07, 6.45) is 2.12. The van der Waals surface area contributed by atoms with Crippen molar-refractivity contribution in [2.75, 3.05) is 5.32 Å². The number of halogens is 1. The molecular weight excluding hydrogens is 338 g/mol. The summed E-state index contributed by atoms with van der Waals surface area (Å²) in [4.78, 5) is 12.2. The molecule has 25 heavy (non-hydrogen) atoms. The molecule has 0 saturated heterocycles. The molecule has 0 saturated carbocycles. The van der Waals surface area contributed by atoms with Gasteiger partial charge in [0.15, 0.2) is 0 Å². The van der Waals surface area contributed by atoms with Crippen LogP contribution in [0.2, 0.25) is 5.02 Å². The highest BCUT2D eigenvalue weighted by Crippen LogP contribution is 2.39. The van der Waals surface area contributed by atoms with E-state index in [-0.39, 0.29) is 22.6 Å². The number of phenolic OH excluding ortho intramolecular Hbond substituents is 1. The number of carbonyl (C=O) groups excluding carboxylic acids is 1. The van der Waals surface area contributed by atoms with Crippen LogP contribution in [0.25, 0.3) is 0 Å². The fourth-order valence-corrected chi connectivity index (χ4v) is 3.37. The second kappa shape index (κ2) is 6.26. The Hall–Kier alpha value is -2.79. The molecule has 0 radical (unpaired) electrons. The number of rotatable bonds is 3. The molecule has 2 heterocycles. The van der Waals surface area contributed by atoms with Crippen LogP contribution in [0.4, 0.5) is 5.82 Å². The van der Waals surface area contributed by atoms with Gasteiger partial charge in [0.05, 0.1) is 17.8 Å². The third-order valence-electron chi connectivity index (χ3n) is 4.44. The van der Waals surface area contributed by atoms with Gasteiger partial charge in [-0.3, -0.25) is 4.79 Å². The number of anilines is 1. The van der Waals surface area contributed by atoms with Crippen molar-refractivity contribution in [3.63, 3.8) is 0 Å². The molecule has 3 aromatic rings. The molecule has 0 unspecified atom stereocenters. The first-order valence-electron chi connectivity index (χ1n) is 7.99. The lowest BCUT2D eigenvalue weighted by molar-refractivity contribution is -0.116. The topological polar surface area (TPSA) is 67.1 Å². The summed E-state index contributed by atoms with van der Waals surface area (Å²) in [5.41, 5.74) is 2.95. The molecule has 2 N–H and O–H groups in total. The number of amides is 1. The van der Waals surface area contributed by atoms with Crippen molar-refractivity contribution in [3.05, 3.63) is 76.4 Å². The van der Waals surface area contributed by atoms with Crippen molar-refractivity contribution in [3.8, 4) is 5.75 Å². The summed E-state index contributed by atoms with van der Waals surface area (Å²) < 4.78 is 1.80. The number of hydrogen-bond acceptors (Lipinski definition) is 3. The number of aromatic nitrogens is 2. The van der Waals surface area contributed by atoms with E-state index in [1.807, 2.05) is 30.3 Å². The molecule has 5 nitrogen and oxygen atoms in total. The summed E-state index contributed by atoms with van der Waals surface area (Å²) in [7, 11) is 0. The van der Waals surface area contributed by atoms with E-state index in [4.69, 9.17) is 11.6 Å². The van der Waals surface area contributed by atoms with Gasteiger partial charge in [-0.2, -0.15) is 5.10 Å². The highest BCUT2D eigenvalue weighted by atomic mass is 35.5. The maximum absolute atomic E-state index is 12.2. The Morgan fingerprint density at radius 3 is 2.80 bits per heavy atom.